The van der Waals surface area contributed by atoms with Crippen LogP contribution in [-0.2, 0) is 4.79 Å². The number of hydrogen-bond acceptors (Lipinski definition) is 3. The van der Waals surface area contributed by atoms with Crippen molar-refractivity contribution in [2.45, 2.75) is 52.5 Å². The fourth-order valence-electron chi connectivity index (χ4n) is 4.55. The molecule has 1 saturated carbocycles. The van der Waals surface area contributed by atoms with Crippen molar-refractivity contribution >= 4 is 11.8 Å². The van der Waals surface area contributed by atoms with Gasteiger partial charge in [-0.1, -0.05) is 44.9 Å². The molecule has 1 aliphatic heterocycles. The van der Waals surface area contributed by atoms with E-state index in [0.717, 1.165) is 43.6 Å². The van der Waals surface area contributed by atoms with E-state index in [0.29, 0.717) is 24.9 Å². The third kappa shape index (κ3) is 4.93. The highest BCUT2D eigenvalue weighted by atomic mass is 16.2. The van der Waals surface area contributed by atoms with Crippen molar-refractivity contribution in [3.63, 3.8) is 0 Å². The zero-order valence-corrected chi connectivity index (χ0v) is 17.6. The smallest absolute Gasteiger partial charge is 0.254 e. The lowest BCUT2D eigenvalue weighted by Gasteiger charge is -2.41. The predicted octanol–water partition coefficient (Wildman–Crippen LogP) is 3.08. The van der Waals surface area contributed by atoms with Gasteiger partial charge in [0.1, 0.15) is 0 Å². The predicted molar refractivity (Wildman–Crippen MR) is 112 cm³/mol. The summed E-state index contributed by atoms with van der Waals surface area (Å²) in [4.78, 5) is 30.1. The van der Waals surface area contributed by atoms with Gasteiger partial charge >= 0.3 is 0 Å². The molecule has 28 heavy (non-hydrogen) atoms. The number of nitrogens with zero attached hydrogens (tertiary/aromatic N) is 2. The number of rotatable bonds is 6. The largest absolute Gasteiger partial charge is 0.354 e. The molecule has 5 nitrogen and oxygen atoms in total. The van der Waals surface area contributed by atoms with Gasteiger partial charge in [-0.3, -0.25) is 14.5 Å². The van der Waals surface area contributed by atoms with Gasteiger partial charge < -0.3 is 10.2 Å². The van der Waals surface area contributed by atoms with Crippen LogP contribution in [0.4, 0.5) is 0 Å². The minimum absolute atomic E-state index is 0.0445. The molecule has 1 aromatic carbocycles. The SMILES string of the molecule is Cc1ccccc1C(=O)N1CCN([C@@H](C(=O)NCC(C)C)C2CCCC2)CC1. The van der Waals surface area contributed by atoms with Crippen molar-refractivity contribution in [2.24, 2.45) is 11.8 Å². The van der Waals surface area contributed by atoms with Gasteiger partial charge in [-0.25, -0.2) is 0 Å². The van der Waals surface area contributed by atoms with E-state index in [2.05, 4.69) is 24.1 Å². The molecule has 1 atom stereocenters. The Balaban J connectivity index is 1.63. The highest BCUT2D eigenvalue weighted by Gasteiger charge is 2.37. The van der Waals surface area contributed by atoms with E-state index in [1.807, 2.05) is 36.1 Å². The minimum atomic E-state index is -0.0445. The number of aryl methyl sites for hydroxylation is 1. The topological polar surface area (TPSA) is 52.7 Å². The maximum absolute atomic E-state index is 13.0. The first-order valence-corrected chi connectivity index (χ1v) is 10.8. The summed E-state index contributed by atoms with van der Waals surface area (Å²) in [5.41, 5.74) is 1.81. The number of nitrogens with one attached hydrogen (secondary N) is 1. The van der Waals surface area contributed by atoms with Crippen LogP contribution in [0.5, 0.6) is 0 Å². The molecule has 0 spiro atoms. The number of carbonyl (C=O) groups excluding carboxylic acids is 2. The normalized spacial score (nSPS) is 19.8. The van der Waals surface area contributed by atoms with Crippen LogP contribution in [0.1, 0.15) is 55.5 Å². The summed E-state index contributed by atoms with van der Waals surface area (Å²) in [7, 11) is 0. The fraction of sp³-hybridized carbons (Fsp3) is 0.652. The van der Waals surface area contributed by atoms with E-state index >= 15 is 0 Å². The molecule has 1 aliphatic carbocycles. The Morgan fingerprint density at radius 3 is 2.32 bits per heavy atom. The molecule has 2 aliphatic rings. The highest BCUT2D eigenvalue weighted by Crippen LogP contribution is 2.31. The van der Waals surface area contributed by atoms with Crippen LogP contribution < -0.4 is 5.32 Å². The van der Waals surface area contributed by atoms with Gasteiger partial charge in [-0.15, -0.1) is 0 Å². The van der Waals surface area contributed by atoms with Gasteiger partial charge in [0.15, 0.2) is 0 Å². The molecule has 0 radical (unpaired) electrons. The summed E-state index contributed by atoms with van der Waals surface area (Å²) in [6.45, 7) is 9.89. The van der Waals surface area contributed by atoms with Crippen molar-refractivity contribution in [3.8, 4) is 0 Å². The number of amides is 2. The molecule has 0 bridgehead atoms. The van der Waals surface area contributed by atoms with E-state index < -0.39 is 0 Å². The van der Waals surface area contributed by atoms with Crippen LogP contribution in [0.2, 0.25) is 0 Å². The maximum atomic E-state index is 13.0. The first-order valence-electron chi connectivity index (χ1n) is 10.8. The second-order valence-electron chi connectivity index (χ2n) is 8.77. The van der Waals surface area contributed by atoms with Crippen molar-refractivity contribution in [1.82, 2.24) is 15.1 Å². The molecule has 154 valence electrons. The first-order chi connectivity index (χ1) is 13.5. The van der Waals surface area contributed by atoms with E-state index in [9.17, 15) is 9.59 Å². The molecule has 1 saturated heterocycles. The van der Waals surface area contributed by atoms with Crippen LogP contribution in [0.25, 0.3) is 0 Å². The lowest BCUT2D eigenvalue weighted by Crippen LogP contribution is -2.58. The summed E-state index contributed by atoms with van der Waals surface area (Å²) in [6, 6.07) is 7.73. The Labute approximate surface area is 169 Å². The molecular formula is C23H35N3O2. The quantitative estimate of drug-likeness (QED) is 0.819. The summed E-state index contributed by atoms with van der Waals surface area (Å²) in [5, 5.41) is 3.16. The number of hydrogen-bond donors (Lipinski definition) is 1. The number of carbonyl (C=O) groups is 2. The third-order valence-corrected chi connectivity index (χ3v) is 6.17. The zero-order valence-electron chi connectivity index (χ0n) is 17.6. The molecule has 1 N–H and O–H groups in total. The summed E-state index contributed by atoms with van der Waals surface area (Å²) in [5.74, 6) is 1.20. The van der Waals surface area contributed by atoms with Gasteiger partial charge in [-0.05, 0) is 43.2 Å². The Morgan fingerprint density at radius 1 is 1.07 bits per heavy atom. The maximum Gasteiger partial charge on any atom is 0.254 e. The van der Waals surface area contributed by atoms with Gasteiger partial charge in [0.05, 0.1) is 6.04 Å². The second-order valence-corrected chi connectivity index (χ2v) is 8.77. The van der Waals surface area contributed by atoms with Crippen molar-refractivity contribution < 1.29 is 9.59 Å². The van der Waals surface area contributed by atoms with Crippen LogP contribution in [0.15, 0.2) is 24.3 Å². The van der Waals surface area contributed by atoms with Crippen LogP contribution in [0, 0.1) is 18.8 Å². The standard InChI is InChI=1S/C23H35N3O2/c1-17(2)16-24-22(27)21(19-9-5-6-10-19)25-12-14-26(15-13-25)23(28)20-11-7-4-8-18(20)3/h4,7-8,11,17,19,21H,5-6,9-10,12-16H2,1-3H3,(H,24,27)/t21-/m1/s1. The Morgan fingerprint density at radius 2 is 1.71 bits per heavy atom. The molecule has 0 unspecified atom stereocenters. The molecule has 1 heterocycles. The van der Waals surface area contributed by atoms with Gasteiger partial charge in [0, 0.05) is 38.3 Å². The van der Waals surface area contributed by atoms with Gasteiger partial charge in [0.2, 0.25) is 5.91 Å². The van der Waals surface area contributed by atoms with E-state index in [1.165, 1.54) is 12.8 Å². The molecule has 5 heteroatoms. The molecule has 3 rings (SSSR count). The third-order valence-electron chi connectivity index (χ3n) is 6.17. The minimum Gasteiger partial charge on any atom is -0.354 e. The average Bonchev–Trinajstić information content (AvgIpc) is 3.21. The lowest BCUT2D eigenvalue weighted by molar-refractivity contribution is -0.129. The lowest BCUT2D eigenvalue weighted by atomic mass is 9.94. The second kappa shape index (κ2) is 9.55. The Kier molecular flexibility index (Phi) is 7.11. The molecular weight excluding hydrogens is 350 g/mol. The Hall–Kier alpha value is -1.88. The van der Waals surface area contributed by atoms with Crippen LogP contribution in [0.3, 0.4) is 0 Å². The monoisotopic (exact) mass is 385 g/mol. The van der Waals surface area contributed by atoms with Crippen molar-refractivity contribution in [1.29, 1.82) is 0 Å². The highest BCUT2D eigenvalue weighted by molar-refractivity contribution is 5.95. The summed E-state index contributed by atoms with van der Waals surface area (Å²) < 4.78 is 0. The molecule has 2 fully saturated rings. The van der Waals surface area contributed by atoms with E-state index in [-0.39, 0.29) is 17.9 Å². The molecule has 1 aromatic rings. The van der Waals surface area contributed by atoms with Crippen molar-refractivity contribution in [3.05, 3.63) is 35.4 Å². The summed E-state index contributed by atoms with van der Waals surface area (Å²) >= 11 is 0. The Bertz CT molecular complexity index is 674. The van der Waals surface area contributed by atoms with Gasteiger partial charge in [0.25, 0.3) is 5.91 Å². The number of piperazine rings is 1. The average molecular weight is 386 g/mol. The van der Waals surface area contributed by atoms with Crippen molar-refractivity contribution in [2.75, 3.05) is 32.7 Å². The first kappa shape index (κ1) is 20.8. The van der Waals surface area contributed by atoms with Crippen LogP contribution in [-0.4, -0.2) is 60.4 Å². The van der Waals surface area contributed by atoms with E-state index in [4.69, 9.17) is 0 Å². The number of benzene rings is 1. The summed E-state index contributed by atoms with van der Waals surface area (Å²) in [6.07, 6.45) is 4.74. The van der Waals surface area contributed by atoms with Crippen LogP contribution >= 0.6 is 0 Å². The van der Waals surface area contributed by atoms with Gasteiger partial charge in [-0.2, -0.15) is 0 Å². The zero-order chi connectivity index (χ0) is 20.1. The molecule has 0 aromatic heterocycles. The molecule has 2 amide bonds. The van der Waals surface area contributed by atoms with E-state index in [1.54, 1.807) is 0 Å². The fourth-order valence-corrected chi connectivity index (χ4v) is 4.55.